The van der Waals surface area contributed by atoms with Gasteiger partial charge in [0.15, 0.2) is 0 Å². The summed E-state index contributed by atoms with van der Waals surface area (Å²) in [5.74, 6) is 0.304. The van der Waals surface area contributed by atoms with Gasteiger partial charge in [-0.3, -0.25) is 4.79 Å². The molecule has 0 aliphatic rings. The van der Waals surface area contributed by atoms with E-state index in [4.69, 9.17) is 10.5 Å². The highest BCUT2D eigenvalue weighted by molar-refractivity contribution is 5.73. The van der Waals surface area contributed by atoms with Crippen LogP contribution < -0.4 is 5.73 Å². The number of fused-ring (bicyclic) bond motifs is 1. The largest absolute Gasteiger partial charge is 0.460 e. The molecule has 0 spiro atoms. The van der Waals surface area contributed by atoms with E-state index in [1.165, 1.54) is 0 Å². The van der Waals surface area contributed by atoms with Crippen LogP contribution in [0.2, 0.25) is 0 Å². The minimum absolute atomic E-state index is 0.150. The number of nitrogen functional groups attached to an aromatic ring is 1. The normalized spacial score (nSPS) is 11.8. The van der Waals surface area contributed by atoms with E-state index in [2.05, 4.69) is 15.1 Å². The summed E-state index contributed by atoms with van der Waals surface area (Å²) in [4.78, 5) is 20.3. The predicted octanol–water partition coefficient (Wildman–Crippen LogP) is 1.21. The Morgan fingerprint density at radius 3 is 2.55 bits per heavy atom. The molecule has 0 aliphatic heterocycles. The summed E-state index contributed by atoms with van der Waals surface area (Å²) < 4.78 is 6.88. The molecule has 2 aromatic heterocycles. The van der Waals surface area contributed by atoms with Crippen LogP contribution in [0.4, 0.5) is 5.95 Å². The Balaban J connectivity index is 2.37. The number of esters is 1. The van der Waals surface area contributed by atoms with Crippen molar-refractivity contribution in [1.82, 2.24) is 19.6 Å². The average Bonchev–Trinajstić information content (AvgIpc) is 2.62. The Hall–Kier alpha value is -2.18. The lowest BCUT2D eigenvalue weighted by atomic mass is 10.1. The van der Waals surface area contributed by atoms with Gasteiger partial charge in [0.1, 0.15) is 5.60 Å². The van der Waals surface area contributed by atoms with Crippen molar-refractivity contribution in [3.63, 3.8) is 0 Å². The Kier molecular flexibility index (Phi) is 3.37. The Morgan fingerprint density at radius 1 is 1.30 bits per heavy atom. The monoisotopic (exact) mass is 277 g/mol. The molecule has 2 N–H and O–H groups in total. The molecule has 0 radical (unpaired) electrons. The minimum Gasteiger partial charge on any atom is -0.460 e. The van der Waals surface area contributed by atoms with Gasteiger partial charge in [-0.15, -0.1) is 5.10 Å². The van der Waals surface area contributed by atoms with Gasteiger partial charge in [-0.05, 0) is 34.6 Å². The second kappa shape index (κ2) is 4.73. The van der Waals surface area contributed by atoms with Crippen molar-refractivity contribution in [3.8, 4) is 0 Å². The van der Waals surface area contributed by atoms with Crippen LogP contribution in [0.3, 0.4) is 0 Å². The van der Waals surface area contributed by atoms with Crippen molar-refractivity contribution in [1.29, 1.82) is 0 Å². The number of carbonyl (C=O) groups excluding carboxylic acids is 1. The molecule has 2 aromatic rings. The van der Waals surface area contributed by atoms with Gasteiger partial charge in [0.2, 0.25) is 5.95 Å². The smallest absolute Gasteiger partial charge is 0.310 e. The van der Waals surface area contributed by atoms with E-state index >= 15 is 0 Å². The Labute approximate surface area is 117 Å². The second-order valence-corrected chi connectivity index (χ2v) is 5.71. The summed E-state index contributed by atoms with van der Waals surface area (Å²) in [6, 6.07) is 0. The molecule has 0 bridgehead atoms. The highest BCUT2D eigenvalue weighted by Crippen LogP contribution is 2.17. The summed E-state index contributed by atoms with van der Waals surface area (Å²) >= 11 is 0. The molecule has 2 heterocycles. The molecule has 0 atom stereocenters. The van der Waals surface area contributed by atoms with E-state index in [9.17, 15) is 4.79 Å². The fourth-order valence-corrected chi connectivity index (χ4v) is 2.00. The molecule has 0 saturated carbocycles. The van der Waals surface area contributed by atoms with Crippen molar-refractivity contribution >= 4 is 17.7 Å². The van der Waals surface area contributed by atoms with E-state index in [1.54, 1.807) is 4.52 Å². The van der Waals surface area contributed by atoms with E-state index < -0.39 is 5.60 Å². The van der Waals surface area contributed by atoms with Crippen molar-refractivity contribution in [2.45, 2.75) is 46.6 Å². The molecule has 0 aliphatic carbocycles. The van der Waals surface area contributed by atoms with Crippen LogP contribution in [0.15, 0.2) is 0 Å². The Morgan fingerprint density at radius 2 is 1.95 bits per heavy atom. The lowest BCUT2D eigenvalue weighted by Gasteiger charge is -2.20. The highest BCUT2D eigenvalue weighted by Gasteiger charge is 2.20. The third-order valence-electron chi connectivity index (χ3n) is 2.81. The fraction of sp³-hybridized carbons (Fsp3) is 0.538. The number of aromatic nitrogens is 4. The summed E-state index contributed by atoms with van der Waals surface area (Å²) in [6.45, 7) is 9.20. The van der Waals surface area contributed by atoms with Gasteiger partial charge in [0, 0.05) is 17.0 Å². The van der Waals surface area contributed by atoms with Gasteiger partial charge in [-0.25, -0.2) is 4.98 Å². The summed E-state index contributed by atoms with van der Waals surface area (Å²) in [5.41, 5.74) is 7.38. The molecular weight excluding hydrogens is 258 g/mol. The first-order valence-electron chi connectivity index (χ1n) is 6.37. The zero-order chi connectivity index (χ0) is 15.1. The maximum Gasteiger partial charge on any atom is 0.310 e. The van der Waals surface area contributed by atoms with Crippen LogP contribution >= 0.6 is 0 Å². The lowest BCUT2D eigenvalue weighted by Crippen LogP contribution is -2.25. The fourth-order valence-electron chi connectivity index (χ4n) is 2.00. The third kappa shape index (κ3) is 2.87. The number of carbonyl (C=O) groups is 1. The first-order valence-corrected chi connectivity index (χ1v) is 6.37. The molecule has 2 rings (SSSR count). The predicted molar refractivity (Wildman–Crippen MR) is 74.2 cm³/mol. The zero-order valence-electron chi connectivity index (χ0n) is 12.4. The van der Waals surface area contributed by atoms with Crippen molar-refractivity contribution in [2.24, 2.45) is 0 Å². The number of aryl methyl sites for hydroxylation is 2. The highest BCUT2D eigenvalue weighted by atomic mass is 16.6. The first-order chi connectivity index (χ1) is 9.17. The van der Waals surface area contributed by atoms with Crippen molar-refractivity contribution in [3.05, 3.63) is 17.0 Å². The molecule has 0 fully saturated rings. The zero-order valence-corrected chi connectivity index (χ0v) is 12.4. The number of ether oxygens (including phenoxy) is 1. The number of hydrogen-bond acceptors (Lipinski definition) is 6. The topological polar surface area (TPSA) is 95.4 Å². The molecule has 7 nitrogen and oxygen atoms in total. The molecule has 0 unspecified atom stereocenters. The van der Waals surface area contributed by atoms with E-state index in [1.807, 2.05) is 34.6 Å². The lowest BCUT2D eigenvalue weighted by molar-refractivity contribution is -0.153. The molecule has 0 aromatic carbocycles. The van der Waals surface area contributed by atoms with Crippen molar-refractivity contribution < 1.29 is 9.53 Å². The van der Waals surface area contributed by atoms with Crippen LogP contribution in [0.1, 0.15) is 37.7 Å². The summed E-state index contributed by atoms with van der Waals surface area (Å²) in [7, 11) is 0. The first kappa shape index (κ1) is 14.2. The van der Waals surface area contributed by atoms with Crippen LogP contribution in [0, 0.1) is 13.8 Å². The number of nitrogens with zero attached hydrogens (tertiary/aromatic N) is 4. The van der Waals surface area contributed by atoms with Crippen LogP contribution in [-0.4, -0.2) is 31.2 Å². The van der Waals surface area contributed by atoms with E-state index in [0.717, 1.165) is 17.0 Å². The number of rotatable bonds is 2. The molecule has 0 saturated heterocycles. The van der Waals surface area contributed by atoms with Crippen LogP contribution in [-0.2, 0) is 16.0 Å². The van der Waals surface area contributed by atoms with Gasteiger partial charge in [-0.1, -0.05) is 0 Å². The molecule has 7 heteroatoms. The standard InChI is InChI=1S/C13H19N5O2/c1-7-9(6-10(19)20-13(3,4)5)8(2)18-12(15-7)16-11(14)17-18/h6H2,1-5H3,(H2,14,17). The average molecular weight is 277 g/mol. The van der Waals surface area contributed by atoms with Gasteiger partial charge in [0.25, 0.3) is 5.78 Å². The van der Waals surface area contributed by atoms with Gasteiger partial charge >= 0.3 is 5.97 Å². The Bertz CT molecular complexity index is 669. The number of anilines is 1. The maximum absolute atomic E-state index is 12.0. The quantitative estimate of drug-likeness (QED) is 0.829. The SMILES string of the molecule is Cc1nc2nc(N)nn2c(C)c1CC(=O)OC(C)(C)C. The molecular formula is C13H19N5O2. The van der Waals surface area contributed by atoms with Crippen molar-refractivity contribution in [2.75, 3.05) is 5.73 Å². The third-order valence-corrected chi connectivity index (χ3v) is 2.81. The van der Waals surface area contributed by atoms with Crippen LogP contribution in [0.5, 0.6) is 0 Å². The minimum atomic E-state index is -0.506. The van der Waals surface area contributed by atoms with Gasteiger partial charge in [-0.2, -0.15) is 9.50 Å². The van der Waals surface area contributed by atoms with Crippen LogP contribution in [0.25, 0.3) is 5.78 Å². The number of hydrogen-bond donors (Lipinski definition) is 1. The summed E-state index contributed by atoms with van der Waals surface area (Å²) in [5, 5.41) is 4.07. The second-order valence-electron chi connectivity index (χ2n) is 5.71. The molecule has 0 amide bonds. The van der Waals surface area contributed by atoms with Gasteiger partial charge < -0.3 is 10.5 Å². The van der Waals surface area contributed by atoms with E-state index in [0.29, 0.717) is 5.78 Å². The molecule has 108 valence electrons. The number of nitrogens with two attached hydrogens (primary N) is 1. The van der Waals surface area contributed by atoms with Gasteiger partial charge in [0.05, 0.1) is 6.42 Å². The van der Waals surface area contributed by atoms with E-state index in [-0.39, 0.29) is 18.3 Å². The summed E-state index contributed by atoms with van der Waals surface area (Å²) in [6.07, 6.45) is 0.150. The maximum atomic E-state index is 12.0. The molecule has 20 heavy (non-hydrogen) atoms.